The van der Waals surface area contributed by atoms with Crippen LogP contribution in [-0.2, 0) is 10.2 Å². The Kier molecular flexibility index (Phi) is 5.64. The zero-order chi connectivity index (χ0) is 19.6. The molecule has 9 heteroatoms. The number of rotatable bonds is 3. The van der Waals surface area contributed by atoms with E-state index < -0.39 is 6.03 Å². The highest BCUT2D eigenvalue weighted by Crippen LogP contribution is 2.28. The molecule has 1 aromatic heterocycles. The van der Waals surface area contributed by atoms with E-state index in [9.17, 15) is 9.59 Å². The van der Waals surface area contributed by atoms with E-state index in [1.807, 2.05) is 20.8 Å². The Morgan fingerprint density at radius 3 is 2.81 bits per heavy atom. The fraction of sp³-hybridized carbons (Fsp3) is 0.611. The second-order valence-corrected chi connectivity index (χ2v) is 8.18. The molecule has 3 amide bonds. The molecule has 0 radical (unpaired) electrons. The summed E-state index contributed by atoms with van der Waals surface area (Å²) in [5.41, 5.74) is 1.38. The molecule has 1 atom stereocenters. The van der Waals surface area contributed by atoms with Crippen LogP contribution in [0.1, 0.15) is 52.1 Å². The predicted octanol–water partition coefficient (Wildman–Crippen LogP) is 2.92. The zero-order valence-corrected chi connectivity index (χ0v) is 16.6. The van der Waals surface area contributed by atoms with Crippen molar-refractivity contribution in [3.63, 3.8) is 0 Å². The third-order valence-corrected chi connectivity index (χ3v) is 4.81. The molecule has 1 aliphatic carbocycles. The van der Waals surface area contributed by atoms with Crippen LogP contribution in [-0.4, -0.2) is 45.8 Å². The Labute approximate surface area is 163 Å². The summed E-state index contributed by atoms with van der Waals surface area (Å²) in [6.45, 7) is 6.41. The number of aliphatic imine (C=N–C) groups is 2. The average Bonchev–Trinajstić information content (AvgIpc) is 3.04. The molecular formula is C18H25ClN6O2. The molecule has 146 valence electrons. The van der Waals surface area contributed by atoms with E-state index in [0.717, 1.165) is 37.1 Å². The van der Waals surface area contributed by atoms with E-state index in [0.29, 0.717) is 18.2 Å². The van der Waals surface area contributed by atoms with Crippen LogP contribution >= 0.6 is 11.6 Å². The number of hydrogen-bond donors (Lipinski definition) is 2. The van der Waals surface area contributed by atoms with E-state index in [2.05, 4.69) is 25.7 Å². The smallest absolute Gasteiger partial charge is 0.320 e. The molecular weight excluding hydrogens is 368 g/mol. The number of hydrogen-bond acceptors (Lipinski definition) is 4. The minimum Gasteiger partial charge on any atom is -0.337 e. The number of alkyl halides is 1. The Bertz CT molecular complexity index is 805. The monoisotopic (exact) mass is 392 g/mol. The Balaban J connectivity index is 1.96. The topological polar surface area (TPSA) is 101 Å². The van der Waals surface area contributed by atoms with E-state index in [1.54, 1.807) is 6.07 Å². The first-order valence-electron chi connectivity index (χ1n) is 9.21. The number of urea groups is 1. The van der Waals surface area contributed by atoms with Gasteiger partial charge in [-0.2, -0.15) is 14.8 Å². The van der Waals surface area contributed by atoms with Gasteiger partial charge in [0.15, 0.2) is 0 Å². The minimum absolute atomic E-state index is 0.181. The van der Waals surface area contributed by atoms with Crippen molar-refractivity contribution in [3.8, 4) is 0 Å². The summed E-state index contributed by atoms with van der Waals surface area (Å²) in [6.07, 6.45) is 3.63. The Morgan fingerprint density at radius 1 is 1.33 bits per heavy atom. The van der Waals surface area contributed by atoms with Crippen LogP contribution in [0.25, 0.3) is 0 Å². The van der Waals surface area contributed by atoms with Crippen molar-refractivity contribution >= 4 is 41.0 Å². The maximum absolute atomic E-state index is 12.5. The van der Waals surface area contributed by atoms with Crippen LogP contribution in [0.4, 0.5) is 10.6 Å². The van der Waals surface area contributed by atoms with E-state index in [-0.39, 0.29) is 23.2 Å². The van der Waals surface area contributed by atoms with E-state index >= 15 is 0 Å². The number of halogens is 1. The fourth-order valence-corrected chi connectivity index (χ4v) is 3.22. The van der Waals surface area contributed by atoms with Crippen LogP contribution in [0.2, 0.25) is 0 Å². The van der Waals surface area contributed by atoms with Crippen LogP contribution in [0.5, 0.6) is 0 Å². The number of fused-ring (bicyclic) bond motifs is 1. The van der Waals surface area contributed by atoms with Gasteiger partial charge in [0.1, 0.15) is 5.82 Å². The first-order valence-corrected chi connectivity index (χ1v) is 9.75. The summed E-state index contributed by atoms with van der Waals surface area (Å²) in [5.74, 6) is 0.549. The second-order valence-electron chi connectivity index (χ2n) is 7.80. The minimum atomic E-state index is -0.400. The van der Waals surface area contributed by atoms with Gasteiger partial charge in [-0.25, -0.2) is 9.79 Å². The summed E-state index contributed by atoms with van der Waals surface area (Å²) in [6, 6.07) is 1.38. The summed E-state index contributed by atoms with van der Waals surface area (Å²) in [4.78, 5) is 33.3. The molecule has 8 nitrogen and oxygen atoms in total. The summed E-state index contributed by atoms with van der Waals surface area (Å²) < 4.78 is 1.44. The summed E-state index contributed by atoms with van der Waals surface area (Å²) >= 11 is 5.61. The number of carbonyl (C=O) groups excluding carboxylic acids is 2. The zero-order valence-electron chi connectivity index (χ0n) is 15.9. The van der Waals surface area contributed by atoms with Crippen molar-refractivity contribution in [2.75, 3.05) is 17.7 Å². The largest absolute Gasteiger partial charge is 0.337 e. The van der Waals surface area contributed by atoms with Crippen molar-refractivity contribution in [3.05, 3.63) is 11.8 Å². The van der Waals surface area contributed by atoms with Crippen molar-refractivity contribution in [2.45, 2.75) is 51.9 Å². The number of amides is 3. The standard InChI is InChI=1S/C18H25ClN6O2/c1-18(2,3)13-10-14(22-17(27)20-9-8-19)25(24-13)16-21-12-7-5-4-6-11(12)15(26)23-16/h10-11H,4-9H2,1-3H3,(H2,20,22,27). The molecule has 0 bridgehead atoms. The van der Waals surface area contributed by atoms with Crippen molar-refractivity contribution in [1.82, 2.24) is 15.1 Å². The fourth-order valence-electron chi connectivity index (χ4n) is 3.13. The van der Waals surface area contributed by atoms with Gasteiger partial charge >= 0.3 is 6.03 Å². The van der Waals surface area contributed by atoms with Gasteiger partial charge in [-0.15, -0.1) is 11.6 Å². The van der Waals surface area contributed by atoms with Gasteiger partial charge in [0.05, 0.1) is 11.6 Å². The SMILES string of the molecule is CC(C)(C)c1cc(NC(=O)NCCCl)n(C2=NC(=O)C3CCCCC3=N2)n1. The second kappa shape index (κ2) is 7.80. The molecule has 2 N–H and O–H groups in total. The lowest BCUT2D eigenvalue weighted by Gasteiger charge is -2.24. The number of carbonyl (C=O) groups is 2. The quantitative estimate of drug-likeness (QED) is 0.773. The van der Waals surface area contributed by atoms with Crippen LogP contribution in [0, 0.1) is 5.92 Å². The number of nitrogens with zero attached hydrogens (tertiary/aromatic N) is 4. The number of anilines is 1. The first-order chi connectivity index (χ1) is 12.8. The molecule has 3 rings (SSSR count). The molecule has 1 aliphatic heterocycles. The third kappa shape index (κ3) is 4.37. The van der Waals surface area contributed by atoms with Gasteiger partial charge in [0.2, 0.25) is 0 Å². The predicted molar refractivity (Wildman–Crippen MR) is 106 cm³/mol. The maximum Gasteiger partial charge on any atom is 0.320 e. The molecule has 1 aromatic rings. The van der Waals surface area contributed by atoms with Gasteiger partial charge in [0, 0.05) is 29.6 Å². The average molecular weight is 393 g/mol. The van der Waals surface area contributed by atoms with Gasteiger partial charge in [-0.05, 0) is 19.3 Å². The molecule has 0 aromatic carbocycles. The highest BCUT2D eigenvalue weighted by Gasteiger charge is 2.32. The molecule has 2 aliphatic rings. The van der Waals surface area contributed by atoms with Gasteiger partial charge < -0.3 is 5.32 Å². The molecule has 0 spiro atoms. The lowest BCUT2D eigenvalue weighted by Crippen LogP contribution is -2.35. The normalized spacial score (nSPS) is 19.9. The van der Waals surface area contributed by atoms with E-state index in [4.69, 9.17) is 11.6 Å². The lowest BCUT2D eigenvalue weighted by molar-refractivity contribution is -0.120. The molecule has 1 saturated carbocycles. The first kappa shape index (κ1) is 19.5. The van der Waals surface area contributed by atoms with Crippen molar-refractivity contribution in [2.24, 2.45) is 15.9 Å². The van der Waals surface area contributed by atoms with Crippen molar-refractivity contribution in [1.29, 1.82) is 0 Å². The highest BCUT2D eigenvalue weighted by atomic mass is 35.5. The third-order valence-electron chi connectivity index (χ3n) is 4.62. The lowest BCUT2D eigenvalue weighted by atomic mass is 9.86. The van der Waals surface area contributed by atoms with Gasteiger partial charge in [-0.3, -0.25) is 10.1 Å². The number of nitrogens with one attached hydrogen (secondary N) is 2. The Morgan fingerprint density at radius 2 is 2.11 bits per heavy atom. The van der Waals surface area contributed by atoms with Gasteiger partial charge in [-0.1, -0.05) is 27.2 Å². The number of aromatic nitrogens is 2. The molecule has 2 heterocycles. The van der Waals surface area contributed by atoms with E-state index in [1.165, 1.54) is 4.68 Å². The van der Waals surface area contributed by atoms with Crippen LogP contribution < -0.4 is 10.6 Å². The molecule has 27 heavy (non-hydrogen) atoms. The van der Waals surface area contributed by atoms with Gasteiger partial charge in [0.25, 0.3) is 11.9 Å². The molecule has 1 unspecified atom stereocenters. The molecule has 1 fully saturated rings. The maximum atomic E-state index is 12.5. The van der Waals surface area contributed by atoms with Crippen LogP contribution in [0.3, 0.4) is 0 Å². The van der Waals surface area contributed by atoms with Crippen molar-refractivity contribution < 1.29 is 9.59 Å². The molecule has 0 saturated heterocycles. The summed E-state index contributed by atoms with van der Waals surface area (Å²) in [7, 11) is 0. The van der Waals surface area contributed by atoms with Crippen LogP contribution in [0.15, 0.2) is 16.1 Å². The Hall–Kier alpha value is -2.22. The summed E-state index contributed by atoms with van der Waals surface area (Å²) in [5, 5.41) is 9.97. The highest BCUT2D eigenvalue weighted by molar-refractivity contribution is 6.18.